The number of ether oxygens (including phenoxy) is 2. The summed E-state index contributed by atoms with van der Waals surface area (Å²) in [5, 5.41) is 13.4. The molecule has 1 amide bonds. The summed E-state index contributed by atoms with van der Waals surface area (Å²) in [5.74, 6) is 0.177. The van der Waals surface area contributed by atoms with Gasteiger partial charge in [0.15, 0.2) is 0 Å². The predicted molar refractivity (Wildman–Crippen MR) is 84.9 cm³/mol. The van der Waals surface area contributed by atoms with E-state index in [-0.39, 0.29) is 11.6 Å². The highest BCUT2D eigenvalue weighted by atomic mass is 16.6. The Bertz CT molecular complexity index is 702. The fourth-order valence-electron chi connectivity index (χ4n) is 1.87. The molecule has 7 heteroatoms. The van der Waals surface area contributed by atoms with E-state index in [0.29, 0.717) is 30.2 Å². The number of nitro benzene ring substituents is 1. The Morgan fingerprint density at radius 2 is 1.96 bits per heavy atom. The number of non-ortho nitro benzene ring substituents is 1. The van der Waals surface area contributed by atoms with Gasteiger partial charge in [0.05, 0.1) is 11.5 Å². The second-order valence-electron chi connectivity index (χ2n) is 4.63. The number of carbonyl (C=O) groups excluding carboxylic acids is 1. The van der Waals surface area contributed by atoms with Gasteiger partial charge in [0.1, 0.15) is 12.4 Å². The van der Waals surface area contributed by atoms with Crippen molar-refractivity contribution < 1.29 is 19.2 Å². The number of nitrogens with zero attached hydrogens (tertiary/aromatic N) is 1. The van der Waals surface area contributed by atoms with Crippen molar-refractivity contribution in [2.24, 2.45) is 0 Å². The lowest BCUT2D eigenvalue weighted by Crippen LogP contribution is -2.12. The predicted octanol–water partition coefficient (Wildman–Crippen LogP) is 2.87. The average Bonchev–Trinajstić information content (AvgIpc) is 2.55. The molecular weight excluding hydrogens is 300 g/mol. The van der Waals surface area contributed by atoms with Crippen LogP contribution in [0.15, 0.2) is 48.5 Å². The first-order chi connectivity index (χ1) is 11.1. The molecule has 2 aromatic carbocycles. The van der Waals surface area contributed by atoms with Crippen LogP contribution in [0.3, 0.4) is 0 Å². The molecule has 0 spiro atoms. The molecule has 23 heavy (non-hydrogen) atoms. The molecule has 0 aliphatic rings. The lowest BCUT2D eigenvalue weighted by Gasteiger charge is -2.08. The number of carbonyl (C=O) groups is 1. The third-order valence-corrected chi connectivity index (χ3v) is 2.97. The van der Waals surface area contributed by atoms with Gasteiger partial charge in [-0.05, 0) is 24.3 Å². The quantitative estimate of drug-likeness (QED) is 0.482. The van der Waals surface area contributed by atoms with Crippen LogP contribution in [0.2, 0.25) is 0 Å². The number of anilines is 1. The zero-order valence-electron chi connectivity index (χ0n) is 12.5. The van der Waals surface area contributed by atoms with Crippen molar-refractivity contribution in [3.05, 3.63) is 64.2 Å². The summed E-state index contributed by atoms with van der Waals surface area (Å²) in [7, 11) is 1.58. The first-order valence-corrected chi connectivity index (χ1v) is 6.88. The van der Waals surface area contributed by atoms with Crippen molar-refractivity contribution >= 4 is 17.3 Å². The van der Waals surface area contributed by atoms with Gasteiger partial charge in [-0.25, -0.2) is 0 Å². The Kier molecular flexibility index (Phi) is 5.65. The van der Waals surface area contributed by atoms with Crippen LogP contribution >= 0.6 is 0 Å². The van der Waals surface area contributed by atoms with E-state index in [9.17, 15) is 14.9 Å². The van der Waals surface area contributed by atoms with Gasteiger partial charge in [0.2, 0.25) is 0 Å². The summed E-state index contributed by atoms with van der Waals surface area (Å²) in [6.07, 6.45) is 0. The number of benzene rings is 2. The topological polar surface area (TPSA) is 90.7 Å². The number of nitrogens with one attached hydrogen (secondary N) is 1. The third-order valence-electron chi connectivity index (χ3n) is 2.97. The van der Waals surface area contributed by atoms with E-state index in [1.54, 1.807) is 37.4 Å². The van der Waals surface area contributed by atoms with Gasteiger partial charge in [-0.3, -0.25) is 14.9 Å². The molecule has 120 valence electrons. The minimum atomic E-state index is -0.514. The molecule has 0 aliphatic carbocycles. The first-order valence-electron chi connectivity index (χ1n) is 6.88. The first kappa shape index (κ1) is 16.4. The van der Waals surface area contributed by atoms with Crippen molar-refractivity contribution in [1.82, 2.24) is 0 Å². The molecule has 7 nitrogen and oxygen atoms in total. The van der Waals surface area contributed by atoms with E-state index in [2.05, 4.69) is 5.32 Å². The summed E-state index contributed by atoms with van der Waals surface area (Å²) < 4.78 is 10.3. The minimum Gasteiger partial charge on any atom is -0.491 e. The molecule has 0 saturated carbocycles. The molecular formula is C16H16N2O5. The zero-order valence-corrected chi connectivity index (χ0v) is 12.5. The summed E-state index contributed by atoms with van der Waals surface area (Å²) in [5.41, 5.74) is 0.667. The van der Waals surface area contributed by atoms with Gasteiger partial charge in [-0.15, -0.1) is 0 Å². The number of amides is 1. The maximum Gasteiger partial charge on any atom is 0.271 e. The summed E-state index contributed by atoms with van der Waals surface area (Å²) >= 11 is 0. The number of hydrogen-bond acceptors (Lipinski definition) is 5. The Hall–Kier alpha value is -2.93. The number of nitro groups is 1. The Morgan fingerprint density at radius 1 is 1.17 bits per heavy atom. The van der Waals surface area contributed by atoms with Crippen LogP contribution in [-0.4, -0.2) is 31.2 Å². The van der Waals surface area contributed by atoms with E-state index >= 15 is 0 Å². The molecule has 0 unspecified atom stereocenters. The average molecular weight is 316 g/mol. The highest BCUT2D eigenvalue weighted by Gasteiger charge is 2.10. The van der Waals surface area contributed by atoms with Crippen molar-refractivity contribution in [3.8, 4) is 5.75 Å². The van der Waals surface area contributed by atoms with Crippen LogP contribution in [0.4, 0.5) is 11.4 Å². The van der Waals surface area contributed by atoms with Crippen molar-refractivity contribution in [3.63, 3.8) is 0 Å². The molecule has 0 aromatic heterocycles. The molecule has 0 radical (unpaired) electrons. The monoisotopic (exact) mass is 316 g/mol. The van der Waals surface area contributed by atoms with Gasteiger partial charge in [-0.2, -0.15) is 0 Å². The minimum absolute atomic E-state index is 0.0838. The molecule has 0 bridgehead atoms. The molecule has 0 saturated heterocycles. The highest BCUT2D eigenvalue weighted by molar-refractivity contribution is 6.04. The third kappa shape index (κ3) is 4.79. The SMILES string of the molecule is COCCOc1cccc(C(=O)Nc2cccc([N+](=O)[O-])c2)c1. The van der Waals surface area contributed by atoms with Crippen LogP contribution in [0, 0.1) is 10.1 Å². The molecule has 2 rings (SSSR count). The van der Waals surface area contributed by atoms with Crippen molar-refractivity contribution in [2.75, 3.05) is 25.6 Å². The second kappa shape index (κ2) is 7.90. The summed E-state index contributed by atoms with van der Waals surface area (Å²) in [6.45, 7) is 0.830. The molecule has 1 N–H and O–H groups in total. The number of rotatable bonds is 7. The fraction of sp³-hybridized carbons (Fsp3) is 0.188. The van der Waals surface area contributed by atoms with Gasteiger partial charge < -0.3 is 14.8 Å². The standard InChI is InChI=1S/C16H16N2O5/c1-22-8-9-23-15-7-2-4-12(10-15)16(19)17-13-5-3-6-14(11-13)18(20)21/h2-7,10-11H,8-9H2,1H3,(H,17,19). The number of hydrogen-bond donors (Lipinski definition) is 1. The van der Waals surface area contributed by atoms with E-state index in [1.807, 2.05) is 0 Å². The second-order valence-corrected chi connectivity index (χ2v) is 4.63. The molecule has 0 fully saturated rings. The summed E-state index contributed by atoms with van der Waals surface area (Å²) in [4.78, 5) is 22.4. The fourth-order valence-corrected chi connectivity index (χ4v) is 1.87. The zero-order chi connectivity index (χ0) is 16.7. The maximum absolute atomic E-state index is 12.2. The van der Waals surface area contributed by atoms with Gasteiger partial charge >= 0.3 is 0 Å². The van der Waals surface area contributed by atoms with E-state index in [1.165, 1.54) is 18.2 Å². The number of methoxy groups -OCH3 is 1. The van der Waals surface area contributed by atoms with Crippen molar-refractivity contribution in [2.45, 2.75) is 0 Å². The normalized spacial score (nSPS) is 10.1. The molecule has 0 aliphatic heterocycles. The van der Waals surface area contributed by atoms with Crippen LogP contribution in [0.5, 0.6) is 5.75 Å². The Balaban J connectivity index is 2.07. The Labute approximate surface area is 133 Å². The lowest BCUT2D eigenvalue weighted by atomic mass is 10.2. The van der Waals surface area contributed by atoms with Crippen LogP contribution in [0.25, 0.3) is 0 Å². The maximum atomic E-state index is 12.2. The lowest BCUT2D eigenvalue weighted by molar-refractivity contribution is -0.384. The molecule has 0 atom stereocenters. The van der Waals surface area contributed by atoms with Gasteiger partial charge in [0, 0.05) is 30.5 Å². The highest BCUT2D eigenvalue weighted by Crippen LogP contribution is 2.19. The molecule has 0 heterocycles. The van der Waals surface area contributed by atoms with E-state index < -0.39 is 4.92 Å². The van der Waals surface area contributed by atoms with Gasteiger partial charge in [0.25, 0.3) is 11.6 Å². The Morgan fingerprint density at radius 3 is 2.70 bits per heavy atom. The van der Waals surface area contributed by atoms with Gasteiger partial charge in [-0.1, -0.05) is 12.1 Å². The van der Waals surface area contributed by atoms with E-state index in [0.717, 1.165) is 0 Å². The van der Waals surface area contributed by atoms with Crippen LogP contribution < -0.4 is 10.1 Å². The van der Waals surface area contributed by atoms with Crippen molar-refractivity contribution in [1.29, 1.82) is 0 Å². The largest absolute Gasteiger partial charge is 0.491 e. The summed E-state index contributed by atoms with van der Waals surface area (Å²) in [6, 6.07) is 12.4. The van der Waals surface area contributed by atoms with E-state index in [4.69, 9.17) is 9.47 Å². The molecule has 2 aromatic rings. The van der Waals surface area contributed by atoms with Crippen LogP contribution in [0.1, 0.15) is 10.4 Å². The van der Waals surface area contributed by atoms with Crippen LogP contribution in [-0.2, 0) is 4.74 Å². The smallest absolute Gasteiger partial charge is 0.271 e.